The van der Waals surface area contributed by atoms with Crippen LogP contribution in [0.1, 0.15) is 32.1 Å². The largest absolute Gasteiger partial charge is 0.366 e. The van der Waals surface area contributed by atoms with Crippen LogP contribution in [0.15, 0.2) is 4.73 Å². The molecule has 0 unspecified atom stereocenters. The van der Waals surface area contributed by atoms with Crippen LogP contribution >= 0.6 is 15.9 Å². The highest BCUT2D eigenvalue weighted by Gasteiger charge is 2.15. The highest BCUT2D eigenvalue weighted by molar-refractivity contribution is 9.10. The zero-order chi connectivity index (χ0) is 9.97. The molecule has 1 fully saturated rings. The van der Waals surface area contributed by atoms with E-state index in [9.17, 15) is 0 Å². The maximum absolute atomic E-state index is 5.49. The summed E-state index contributed by atoms with van der Waals surface area (Å²) < 4.78 is 2.58. The molecule has 4 nitrogen and oxygen atoms in total. The second-order valence-corrected chi connectivity index (χ2v) is 4.61. The summed E-state index contributed by atoms with van der Waals surface area (Å²) in [6.07, 6.45) is 6.74. The Morgan fingerprint density at radius 3 is 2.71 bits per heavy atom. The molecule has 0 aliphatic heterocycles. The number of aromatic nitrogens is 3. The van der Waals surface area contributed by atoms with E-state index in [1.165, 1.54) is 32.1 Å². The molecule has 1 aromatic rings. The van der Waals surface area contributed by atoms with Crippen LogP contribution in [0.2, 0.25) is 0 Å². The average Bonchev–Trinajstić information content (AvgIpc) is 2.72. The standard InChI is InChI=1S/C9H15BrN4/c10-8-12-9(11)13-14(8)6-5-7-3-1-2-4-7/h7H,1-6H2,(H2,11,13). The van der Waals surface area contributed by atoms with Crippen molar-refractivity contribution in [1.29, 1.82) is 0 Å². The summed E-state index contributed by atoms with van der Waals surface area (Å²) in [5.74, 6) is 1.23. The molecule has 0 amide bonds. The molecular weight excluding hydrogens is 244 g/mol. The van der Waals surface area contributed by atoms with Crippen LogP contribution in [0, 0.1) is 5.92 Å². The highest BCUT2D eigenvalue weighted by Crippen LogP contribution is 2.28. The van der Waals surface area contributed by atoms with Gasteiger partial charge in [0.25, 0.3) is 0 Å². The van der Waals surface area contributed by atoms with Gasteiger partial charge in [0, 0.05) is 6.54 Å². The van der Waals surface area contributed by atoms with E-state index in [1.807, 2.05) is 4.68 Å². The predicted molar refractivity (Wildman–Crippen MR) is 58.7 cm³/mol. The Morgan fingerprint density at radius 2 is 2.14 bits per heavy atom. The third-order valence-corrected chi connectivity index (χ3v) is 3.45. The van der Waals surface area contributed by atoms with Crippen LogP contribution in [0.25, 0.3) is 0 Å². The summed E-state index contributed by atoms with van der Waals surface area (Å²) in [6.45, 7) is 0.926. The monoisotopic (exact) mass is 258 g/mol. The van der Waals surface area contributed by atoms with Gasteiger partial charge in [-0.2, -0.15) is 4.98 Å². The maximum Gasteiger partial charge on any atom is 0.240 e. The van der Waals surface area contributed by atoms with E-state index >= 15 is 0 Å². The van der Waals surface area contributed by atoms with Crippen LogP contribution in [0.4, 0.5) is 5.95 Å². The van der Waals surface area contributed by atoms with Crippen molar-refractivity contribution in [3.63, 3.8) is 0 Å². The fraction of sp³-hybridized carbons (Fsp3) is 0.778. The molecule has 0 saturated heterocycles. The molecule has 0 radical (unpaired) electrons. The van der Waals surface area contributed by atoms with Gasteiger partial charge in [0.2, 0.25) is 5.95 Å². The summed E-state index contributed by atoms with van der Waals surface area (Å²) in [7, 11) is 0. The number of rotatable bonds is 3. The molecule has 14 heavy (non-hydrogen) atoms. The van der Waals surface area contributed by atoms with Gasteiger partial charge in [-0.3, -0.25) is 0 Å². The lowest BCUT2D eigenvalue weighted by Crippen LogP contribution is -2.05. The number of hydrogen-bond donors (Lipinski definition) is 1. The molecule has 1 aromatic heterocycles. The molecular formula is C9H15BrN4. The molecule has 5 heteroatoms. The van der Waals surface area contributed by atoms with Crippen molar-refractivity contribution in [3.05, 3.63) is 4.73 Å². The number of hydrogen-bond acceptors (Lipinski definition) is 3. The van der Waals surface area contributed by atoms with Crippen LogP contribution < -0.4 is 5.73 Å². The molecule has 0 atom stereocenters. The molecule has 78 valence electrons. The van der Waals surface area contributed by atoms with Crippen LogP contribution in [-0.4, -0.2) is 14.8 Å². The van der Waals surface area contributed by atoms with Gasteiger partial charge in [-0.15, -0.1) is 5.10 Å². The first-order chi connectivity index (χ1) is 6.75. The van der Waals surface area contributed by atoms with Crippen molar-refractivity contribution in [2.75, 3.05) is 5.73 Å². The first kappa shape index (κ1) is 9.96. The van der Waals surface area contributed by atoms with E-state index in [0.717, 1.165) is 17.2 Å². The molecule has 1 saturated carbocycles. The smallest absolute Gasteiger partial charge is 0.240 e. The quantitative estimate of drug-likeness (QED) is 0.905. The SMILES string of the molecule is Nc1nc(Br)n(CCC2CCCC2)n1. The predicted octanol–water partition coefficient (Wildman–Crippen LogP) is 2.20. The van der Waals surface area contributed by atoms with Gasteiger partial charge in [0.05, 0.1) is 0 Å². The molecule has 1 aliphatic rings. The molecule has 2 rings (SSSR count). The zero-order valence-corrected chi connectivity index (χ0v) is 9.70. The van der Waals surface area contributed by atoms with E-state index in [1.54, 1.807) is 0 Å². The zero-order valence-electron chi connectivity index (χ0n) is 8.12. The van der Waals surface area contributed by atoms with Crippen molar-refractivity contribution in [2.45, 2.75) is 38.6 Å². The molecule has 1 heterocycles. The van der Waals surface area contributed by atoms with E-state index in [4.69, 9.17) is 5.73 Å². The maximum atomic E-state index is 5.49. The lowest BCUT2D eigenvalue weighted by atomic mass is 10.0. The average molecular weight is 259 g/mol. The summed E-state index contributed by atoms with van der Waals surface area (Å²) in [6, 6.07) is 0. The Balaban J connectivity index is 1.87. The number of aryl methyl sites for hydroxylation is 1. The van der Waals surface area contributed by atoms with E-state index in [2.05, 4.69) is 26.0 Å². The number of nitrogen functional groups attached to an aromatic ring is 1. The first-order valence-electron chi connectivity index (χ1n) is 5.11. The van der Waals surface area contributed by atoms with Gasteiger partial charge in [-0.25, -0.2) is 4.68 Å². The molecule has 2 N–H and O–H groups in total. The Bertz CT molecular complexity index is 304. The number of anilines is 1. The lowest BCUT2D eigenvalue weighted by Gasteiger charge is -2.08. The third kappa shape index (κ3) is 2.26. The Labute approximate surface area is 92.0 Å². The Kier molecular flexibility index (Phi) is 3.05. The number of halogens is 1. The number of nitrogens with two attached hydrogens (primary N) is 1. The van der Waals surface area contributed by atoms with Crippen molar-refractivity contribution in [3.8, 4) is 0 Å². The second-order valence-electron chi connectivity index (χ2n) is 3.90. The normalized spacial score (nSPS) is 17.8. The van der Waals surface area contributed by atoms with Crippen molar-refractivity contribution in [1.82, 2.24) is 14.8 Å². The van der Waals surface area contributed by atoms with Crippen LogP contribution in [-0.2, 0) is 6.54 Å². The Hall–Kier alpha value is -0.580. The minimum Gasteiger partial charge on any atom is -0.366 e. The summed E-state index contributed by atoms with van der Waals surface area (Å²) in [5, 5.41) is 4.11. The number of nitrogens with zero attached hydrogens (tertiary/aromatic N) is 3. The van der Waals surface area contributed by atoms with Gasteiger partial charge >= 0.3 is 0 Å². The fourth-order valence-electron chi connectivity index (χ4n) is 2.09. The van der Waals surface area contributed by atoms with Crippen molar-refractivity contribution >= 4 is 21.9 Å². The summed E-state index contributed by atoms with van der Waals surface area (Å²) in [4.78, 5) is 4.00. The third-order valence-electron chi connectivity index (χ3n) is 2.87. The van der Waals surface area contributed by atoms with Gasteiger partial charge in [-0.1, -0.05) is 25.7 Å². The second kappa shape index (κ2) is 4.29. The van der Waals surface area contributed by atoms with Crippen molar-refractivity contribution in [2.24, 2.45) is 5.92 Å². The van der Waals surface area contributed by atoms with Gasteiger partial charge in [-0.05, 0) is 28.3 Å². The van der Waals surface area contributed by atoms with E-state index < -0.39 is 0 Å². The van der Waals surface area contributed by atoms with Gasteiger partial charge < -0.3 is 5.73 Å². The lowest BCUT2D eigenvalue weighted by molar-refractivity contribution is 0.435. The molecule has 0 aromatic carbocycles. The highest BCUT2D eigenvalue weighted by atomic mass is 79.9. The minimum atomic E-state index is 0.350. The van der Waals surface area contributed by atoms with Gasteiger partial charge in [0.15, 0.2) is 4.73 Å². The minimum absolute atomic E-state index is 0.350. The molecule has 1 aliphatic carbocycles. The fourth-order valence-corrected chi connectivity index (χ4v) is 2.52. The van der Waals surface area contributed by atoms with E-state index in [0.29, 0.717) is 5.95 Å². The van der Waals surface area contributed by atoms with Crippen molar-refractivity contribution < 1.29 is 0 Å². The first-order valence-corrected chi connectivity index (χ1v) is 5.91. The molecule has 0 spiro atoms. The van der Waals surface area contributed by atoms with Gasteiger partial charge in [0.1, 0.15) is 0 Å². The van der Waals surface area contributed by atoms with Crippen LogP contribution in [0.3, 0.4) is 0 Å². The van der Waals surface area contributed by atoms with E-state index in [-0.39, 0.29) is 0 Å². The topological polar surface area (TPSA) is 56.7 Å². The Morgan fingerprint density at radius 1 is 1.43 bits per heavy atom. The summed E-state index contributed by atoms with van der Waals surface area (Å²) >= 11 is 3.34. The molecule has 0 bridgehead atoms. The summed E-state index contributed by atoms with van der Waals surface area (Å²) in [5.41, 5.74) is 5.49. The van der Waals surface area contributed by atoms with Crippen LogP contribution in [0.5, 0.6) is 0 Å².